The number of aliphatic hydroxyl groups is 2. The molecule has 0 aromatic carbocycles. The van der Waals surface area contributed by atoms with Gasteiger partial charge in [-0.15, -0.1) is 0 Å². The summed E-state index contributed by atoms with van der Waals surface area (Å²) >= 11 is 0. The fourth-order valence-corrected chi connectivity index (χ4v) is 6.33. The van der Waals surface area contributed by atoms with Crippen LogP contribution in [-0.2, 0) is 32.9 Å². The molecule has 0 aromatic rings. The summed E-state index contributed by atoms with van der Waals surface area (Å²) in [6.45, 7) is 3.21. The van der Waals surface area contributed by atoms with E-state index in [0.29, 0.717) is 25.7 Å². The van der Waals surface area contributed by atoms with Gasteiger partial charge in [-0.3, -0.25) is 18.9 Å². The van der Waals surface area contributed by atoms with Crippen LogP contribution in [0.1, 0.15) is 136 Å². The number of hydrogen-bond acceptors (Lipinski definition) is 9. The number of carbonyl (C=O) groups excluding carboxylic acids is 3. The van der Waals surface area contributed by atoms with E-state index in [0.717, 1.165) is 77.0 Å². The van der Waals surface area contributed by atoms with Crippen molar-refractivity contribution in [2.45, 2.75) is 154 Å². The zero-order valence-electron chi connectivity index (χ0n) is 32.1. The number of allylic oxidation sites excluding steroid dienone is 9. The van der Waals surface area contributed by atoms with E-state index < -0.39 is 50.6 Å². The quantitative estimate of drug-likeness (QED) is 0.0231. The number of aliphatic hydroxyl groups excluding tert-OH is 2. The molecule has 0 spiro atoms. The van der Waals surface area contributed by atoms with E-state index in [1.54, 1.807) is 12.2 Å². The summed E-state index contributed by atoms with van der Waals surface area (Å²) in [5.41, 5.74) is 0. The van der Waals surface area contributed by atoms with Gasteiger partial charge in [-0.05, 0) is 70.1 Å². The Bertz CT molecular complexity index is 1200. The van der Waals surface area contributed by atoms with Crippen LogP contribution in [0.5, 0.6) is 0 Å². The fourth-order valence-electron chi connectivity index (χ4n) is 5.97. The first-order valence-electron chi connectivity index (χ1n) is 19.7. The lowest BCUT2D eigenvalue weighted by atomic mass is 9.88. The minimum absolute atomic E-state index is 0.00450. The maximum atomic E-state index is 12.5. The molecule has 11 nitrogen and oxygen atoms in total. The Kier molecular flexibility index (Phi) is 28.0. The number of Topliss-reactive ketones (excluding diaryl/α,β-unsaturated/α-hetero) is 1. The molecule has 0 amide bonds. The molecule has 0 radical (unpaired) electrons. The van der Waals surface area contributed by atoms with E-state index in [9.17, 15) is 29.2 Å². The van der Waals surface area contributed by atoms with Crippen molar-refractivity contribution < 1.29 is 52.9 Å². The molecule has 0 aromatic heterocycles. The normalized spacial score (nSPS) is 19.4. The SMILES string of the molecule is CC/C=C\C/C=C\C/C=C\C/C=C\CCCCC(=O)O[C@H](COC(=O)CCCCCC[C@H]1[C@@H](O)CC(=O)[C@@H]1/C=C/[C@@H](O)CCCCC)COP(=O)(O)O. The second-order valence-electron chi connectivity index (χ2n) is 13.7. The highest BCUT2D eigenvalue weighted by molar-refractivity contribution is 7.46. The number of phosphoric acid groups is 1. The smallest absolute Gasteiger partial charge is 0.462 e. The lowest BCUT2D eigenvalue weighted by Gasteiger charge is -2.19. The van der Waals surface area contributed by atoms with E-state index in [1.165, 1.54) is 0 Å². The molecule has 0 unspecified atom stereocenters. The fraction of sp³-hybridized carbons (Fsp3) is 0.683. The first-order valence-corrected chi connectivity index (χ1v) is 21.2. The highest BCUT2D eigenvalue weighted by Gasteiger charge is 2.39. The standard InChI is InChI=1S/C41H67O11P/c1-3-5-7-8-9-10-11-12-13-14-15-16-17-18-24-28-41(46)52-35(33-51-53(47,48)49)32-50-40(45)27-23-20-19-22-26-36-37(39(44)31-38(36)43)30-29-34(42)25-21-6-4-2/h5,7,9-10,12-13,15-16,29-30,34-38,42-43H,3-4,6,8,11,14,17-28,31-33H2,1-2H3,(H2,47,48,49)/b7-5-,10-9-,13-12-,16-15-,30-29+/t34-,35+,36+,37+,38-/m0/s1. The van der Waals surface area contributed by atoms with Crippen molar-refractivity contribution >= 4 is 25.5 Å². The lowest BCUT2D eigenvalue weighted by molar-refractivity contribution is -0.161. The zero-order valence-corrected chi connectivity index (χ0v) is 33.0. The van der Waals surface area contributed by atoms with Gasteiger partial charge in [0, 0.05) is 25.2 Å². The van der Waals surface area contributed by atoms with Crippen molar-refractivity contribution in [2.24, 2.45) is 11.8 Å². The molecule has 302 valence electrons. The molecular weight excluding hydrogens is 699 g/mol. The number of phosphoric ester groups is 1. The van der Waals surface area contributed by atoms with Crippen LogP contribution in [-0.4, -0.2) is 69.2 Å². The molecule has 12 heteroatoms. The van der Waals surface area contributed by atoms with Gasteiger partial charge in [0.2, 0.25) is 0 Å². The van der Waals surface area contributed by atoms with Gasteiger partial charge in [0.25, 0.3) is 0 Å². The van der Waals surface area contributed by atoms with Crippen molar-refractivity contribution in [3.63, 3.8) is 0 Å². The minimum Gasteiger partial charge on any atom is -0.462 e. The van der Waals surface area contributed by atoms with Gasteiger partial charge in [0.15, 0.2) is 6.10 Å². The molecule has 1 rings (SSSR count). The van der Waals surface area contributed by atoms with Crippen LogP contribution in [0.4, 0.5) is 0 Å². The topological polar surface area (TPSA) is 177 Å². The van der Waals surface area contributed by atoms with Crippen molar-refractivity contribution in [1.29, 1.82) is 0 Å². The molecule has 0 heterocycles. The van der Waals surface area contributed by atoms with Gasteiger partial charge in [0.1, 0.15) is 12.4 Å². The molecule has 0 bridgehead atoms. The Balaban J connectivity index is 2.33. The molecule has 53 heavy (non-hydrogen) atoms. The number of carbonyl (C=O) groups is 3. The molecule has 1 aliphatic rings. The minimum atomic E-state index is -4.83. The van der Waals surface area contributed by atoms with Gasteiger partial charge >= 0.3 is 19.8 Å². The van der Waals surface area contributed by atoms with Crippen LogP contribution < -0.4 is 0 Å². The molecule has 1 fully saturated rings. The van der Waals surface area contributed by atoms with Gasteiger partial charge in [-0.1, -0.05) is 113 Å². The average Bonchev–Trinajstić information content (AvgIpc) is 3.38. The number of rotatable bonds is 31. The Morgan fingerprint density at radius 3 is 2.09 bits per heavy atom. The van der Waals surface area contributed by atoms with E-state index >= 15 is 0 Å². The van der Waals surface area contributed by atoms with Gasteiger partial charge in [0.05, 0.1) is 18.8 Å². The Morgan fingerprint density at radius 2 is 1.43 bits per heavy atom. The second-order valence-corrected chi connectivity index (χ2v) is 14.9. The summed E-state index contributed by atoms with van der Waals surface area (Å²) in [6.07, 6.45) is 31.4. The third-order valence-electron chi connectivity index (χ3n) is 8.93. The van der Waals surface area contributed by atoms with Crippen molar-refractivity contribution in [3.05, 3.63) is 60.8 Å². The van der Waals surface area contributed by atoms with Crippen molar-refractivity contribution in [1.82, 2.24) is 0 Å². The number of unbranched alkanes of at least 4 members (excludes halogenated alkanes) is 7. The van der Waals surface area contributed by atoms with Crippen LogP contribution in [0.3, 0.4) is 0 Å². The summed E-state index contributed by atoms with van der Waals surface area (Å²) in [6, 6.07) is 0. The average molecular weight is 767 g/mol. The number of ether oxygens (including phenoxy) is 2. The predicted molar refractivity (Wildman–Crippen MR) is 208 cm³/mol. The maximum Gasteiger partial charge on any atom is 0.469 e. The van der Waals surface area contributed by atoms with Crippen LogP contribution in [0, 0.1) is 11.8 Å². The van der Waals surface area contributed by atoms with E-state index in [1.807, 2.05) is 0 Å². The monoisotopic (exact) mass is 766 g/mol. The van der Waals surface area contributed by atoms with Crippen LogP contribution >= 0.6 is 7.82 Å². The second kappa shape index (κ2) is 30.6. The molecular formula is C41H67O11P. The largest absolute Gasteiger partial charge is 0.469 e. The highest BCUT2D eigenvalue weighted by atomic mass is 31.2. The summed E-state index contributed by atoms with van der Waals surface area (Å²) in [5, 5.41) is 20.7. The third kappa shape index (κ3) is 26.7. The Morgan fingerprint density at radius 1 is 0.811 bits per heavy atom. The Hall–Kier alpha value is -2.66. The van der Waals surface area contributed by atoms with Crippen LogP contribution in [0.25, 0.3) is 0 Å². The number of hydrogen-bond donors (Lipinski definition) is 4. The summed E-state index contributed by atoms with van der Waals surface area (Å²) < 4.78 is 26.3. The van der Waals surface area contributed by atoms with Crippen LogP contribution in [0.15, 0.2) is 60.8 Å². The van der Waals surface area contributed by atoms with Gasteiger partial charge < -0.3 is 29.5 Å². The molecule has 1 saturated carbocycles. The predicted octanol–water partition coefficient (Wildman–Crippen LogP) is 8.32. The van der Waals surface area contributed by atoms with Crippen LogP contribution in [0.2, 0.25) is 0 Å². The summed E-state index contributed by atoms with van der Waals surface area (Å²) in [7, 11) is -4.83. The lowest BCUT2D eigenvalue weighted by Crippen LogP contribution is -2.29. The summed E-state index contributed by atoms with van der Waals surface area (Å²) in [5.74, 6) is -1.68. The van der Waals surface area contributed by atoms with Crippen molar-refractivity contribution in [2.75, 3.05) is 13.2 Å². The number of ketones is 1. The third-order valence-corrected chi connectivity index (χ3v) is 9.41. The first kappa shape index (κ1) is 48.4. The summed E-state index contributed by atoms with van der Waals surface area (Å²) in [4.78, 5) is 55.4. The van der Waals surface area contributed by atoms with E-state index in [2.05, 4.69) is 67.0 Å². The van der Waals surface area contributed by atoms with Gasteiger partial charge in [-0.2, -0.15) is 0 Å². The zero-order chi connectivity index (χ0) is 39.2. The van der Waals surface area contributed by atoms with E-state index in [4.69, 9.17) is 19.3 Å². The van der Waals surface area contributed by atoms with Crippen molar-refractivity contribution in [3.8, 4) is 0 Å². The molecule has 4 N–H and O–H groups in total. The number of esters is 2. The molecule has 1 aliphatic carbocycles. The maximum absolute atomic E-state index is 12.5. The first-order chi connectivity index (χ1) is 25.5. The molecule has 0 aliphatic heterocycles. The highest BCUT2D eigenvalue weighted by Crippen LogP contribution is 2.36. The van der Waals surface area contributed by atoms with E-state index in [-0.39, 0.29) is 37.6 Å². The van der Waals surface area contributed by atoms with Gasteiger partial charge in [-0.25, -0.2) is 4.57 Å². The Labute approximate surface area is 317 Å². The molecule has 5 atom stereocenters. The molecule has 0 saturated heterocycles.